The van der Waals surface area contributed by atoms with E-state index in [-0.39, 0.29) is 11.4 Å². The van der Waals surface area contributed by atoms with Crippen LogP contribution in [0.25, 0.3) is 11.3 Å². The number of aryl methyl sites for hydroxylation is 1. The Morgan fingerprint density at radius 3 is 2.21 bits per heavy atom. The fraction of sp³-hybridized carbons (Fsp3) is 0.400. The average molecular weight is 261 g/mol. The van der Waals surface area contributed by atoms with Crippen LogP contribution in [0.1, 0.15) is 33.5 Å². The molecule has 19 heavy (non-hydrogen) atoms. The number of rotatable bonds is 2. The highest BCUT2D eigenvalue weighted by molar-refractivity contribution is 5.71. The molecule has 2 rings (SSSR count). The summed E-state index contributed by atoms with van der Waals surface area (Å²) in [4.78, 5) is 4.61. The maximum Gasteiger partial charge on any atom is 0.132 e. The molecule has 0 bridgehead atoms. The number of anilines is 1. The highest BCUT2D eigenvalue weighted by Crippen LogP contribution is 2.31. The van der Waals surface area contributed by atoms with Gasteiger partial charge in [-0.15, -0.1) is 0 Å². The zero-order chi connectivity index (χ0) is 14.2. The summed E-state index contributed by atoms with van der Waals surface area (Å²) in [5, 5.41) is 0. The van der Waals surface area contributed by atoms with Crippen LogP contribution >= 0.6 is 0 Å². The van der Waals surface area contributed by atoms with Crippen LogP contribution in [0, 0.1) is 5.82 Å². The van der Waals surface area contributed by atoms with Crippen molar-refractivity contribution in [2.24, 2.45) is 0 Å². The molecule has 1 aromatic carbocycles. The van der Waals surface area contributed by atoms with Crippen molar-refractivity contribution in [1.29, 1.82) is 0 Å². The van der Waals surface area contributed by atoms with Gasteiger partial charge in [0.05, 0.1) is 0 Å². The van der Waals surface area contributed by atoms with Gasteiger partial charge in [-0.05, 0) is 45.0 Å². The quantitative estimate of drug-likeness (QED) is 0.897. The molecule has 0 aliphatic carbocycles. The predicted molar refractivity (Wildman–Crippen MR) is 76.4 cm³/mol. The van der Waals surface area contributed by atoms with Gasteiger partial charge in [0.25, 0.3) is 0 Å². The Morgan fingerprint density at radius 2 is 1.79 bits per heavy atom. The lowest BCUT2D eigenvalue weighted by Crippen LogP contribution is -2.25. The van der Waals surface area contributed by atoms with Gasteiger partial charge in [0.15, 0.2) is 0 Å². The summed E-state index contributed by atoms with van der Waals surface area (Å²) < 4.78 is 15.0. The van der Waals surface area contributed by atoms with Crippen molar-refractivity contribution in [2.45, 2.75) is 39.7 Å². The van der Waals surface area contributed by atoms with E-state index in [1.807, 2.05) is 4.57 Å². The maximum atomic E-state index is 13.0. The zero-order valence-electron chi connectivity index (χ0n) is 11.9. The van der Waals surface area contributed by atoms with Gasteiger partial charge in [-0.2, -0.15) is 0 Å². The molecule has 102 valence electrons. The van der Waals surface area contributed by atoms with Crippen molar-refractivity contribution < 1.29 is 4.39 Å². The molecule has 0 atom stereocenters. The zero-order valence-corrected chi connectivity index (χ0v) is 11.9. The van der Waals surface area contributed by atoms with Crippen molar-refractivity contribution in [2.75, 3.05) is 5.73 Å². The van der Waals surface area contributed by atoms with Gasteiger partial charge >= 0.3 is 0 Å². The smallest absolute Gasteiger partial charge is 0.132 e. The van der Waals surface area contributed by atoms with E-state index in [0.29, 0.717) is 5.82 Å². The molecule has 0 spiro atoms. The fourth-order valence-electron chi connectivity index (χ4n) is 2.29. The normalized spacial score (nSPS) is 11.8. The first-order valence-electron chi connectivity index (χ1n) is 6.48. The molecular formula is C15H20FN3. The van der Waals surface area contributed by atoms with Gasteiger partial charge in [0.2, 0.25) is 0 Å². The minimum atomic E-state index is -0.256. The average Bonchev–Trinajstić information content (AvgIpc) is 2.67. The molecule has 0 unspecified atom stereocenters. The largest absolute Gasteiger partial charge is 0.383 e. The number of nitrogen functional groups attached to an aromatic ring is 1. The standard InChI is InChI=1S/C15H20FN3/c1-5-12-18-13(10-6-8-11(16)9-7-10)14(17)19(12)15(2,3)4/h6-9H,5,17H2,1-4H3. The van der Waals surface area contributed by atoms with Gasteiger partial charge in [0.1, 0.15) is 23.2 Å². The molecule has 0 saturated heterocycles. The molecule has 0 radical (unpaired) electrons. The summed E-state index contributed by atoms with van der Waals surface area (Å²) in [6.07, 6.45) is 0.808. The number of halogens is 1. The van der Waals surface area contributed by atoms with E-state index in [2.05, 4.69) is 32.7 Å². The minimum Gasteiger partial charge on any atom is -0.383 e. The van der Waals surface area contributed by atoms with Gasteiger partial charge in [-0.25, -0.2) is 9.37 Å². The van der Waals surface area contributed by atoms with Crippen molar-refractivity contribution >= 4 is 5.82 Å². The van der Waals surface area contributed by atoms with Gasteiger partial charge < -0.3 is 10.3 Å². The van der Waals surface area contributed by atoms with Crippen LogP contribution in [-0.4, -0.2) is 9.55 Å². The number of nitrogens with two attached hydrogens (primary N) is 1. The van der Waals surface area contributed by atoms with Crippen LogP contribution in [0.4, 0.5) is 10.2 Å². The van der Waals surface area contributed by atoms with Gasteiger partial charge in [0, 0.05) is 17.5 Å². The second-order valence-corrected chi connectivity index (χ2v) is 5.63. The van der Waals surface area contributed by atoms with E-state index in [0.717, 1.165) is 23.5 Å². The molecule has 0 aliphatic rings. The molecule has 2 N–H and O–H groups in total. The van der Waals surface area contributed by atoms with Crippen LogP contribution in [0.15, 0.2) is 24.3 Å². The van der Waals surface area contributed by atoms with Crippen LogP contribution in [0.5, 0.6) is 0 Å². The van der Waals surface area contributed by atoms with Crippen molar-refractivity contribution in [3.8, 4) is 11.3 Å². The summed E-state index contributed by atoms with van der Waals surface area (Å²) in [5.74, 6) is 1.33. The van der Waals surface area contributed by atoms with Crippen molar-refractivity contribution in [3.63, 3.8) is 0 Å². The molecule has 4 heteroatoms. The van der Waals surface area contributed by atoms with Crippen molar-refractivity contribution in [1.82, 2.24) is 9.55 Å². The maximum absolute atomic E-state index is 13.0. The molecule has 0 aliphatic heterocycles. The SMILES string of the molecule is CCc1nc(-c2ccc(F)cc2)c(N)n1C(C)(C)C. The minimum absolute atomic E-state index is 0.124. The molecule has 0 amide bonds. The van der Waals surface area contributed by atoms with E-state index in [9.17, 15) is 4.39 Å². The Balaban J connectivity index is 2.60. The lowest BCUT2D eigenvalue weighted by Gasteiger charge is -2.24. The molecule has 0 saturated carbocycles. The third kappa shape index (κ3) is 2.48. The Bertz CT molecular complexity index is 577. The first-order valence-corrected chi connectivity index (χ1v) is 6.48. The number of hydrogen-bond acceptors (Lipinski definition) is 2. The highest BCUT2D eigenvalue weighted by atomic mass is 19.1. The Hall–Kier alpha value is -1.84. The van der Waals surface area contributed by atoms with E-state index in [1.165, 1.54) is 12.1 Å². The third-order valence-corrected chi connectivity index (χ3v) is 3.09. The second-order valence-electron chi connectivity index (χ2n) is 5.63. The lowest BCUT2D eigenvalue weighted by atomic mass is 10.1. The summed E-state index contributed by atoms with van der Waals surface area (Å²) in [6.45, 7) is 8.34. The molecular weight excluding hydrogens is 241 g/mol. The molecule has 1 heterocycles. The van der Waals surface area contributed by atoms with Gasteiger partial charge in [-0.1, -0.05) is 6.92 Å². The number of benzene rings is 1. The highest BCUT2D eigenvalue weighted by Gasteiger charge is 2.23. The summed E-state index contributed by atoms with van der Waals surface area (Å²) in [6, 6.07) is 6.27. The first kappa shape index (κ1) is 13.6. The number of imidazole rings is 1. The molecule has 1 aromatic heterocycles. The lowest BCUT2D eigenvalue weighted by molar-refractivity contribution is 0.389. The first-order chi connectivity index (χ1) is 8.84. The van der Waals surface area contributed by atoms with E-state index in [1.54, 1.807) is 12.1 Å². The number of nitrogens with zero attached hydrogens (tertiary/aromatic N) is 2. The van der Waals surface area contributed by atoms with Crippen LogP contribution < -0.4 is 5.73 Å². The molecule has 3 nitrogen and oxygen atoms in total. The molecule has 2 aromatic rings. The predicted octanol–water partition coefficient (Wildman–Crippen LogP) is 3.59. The third-order valence-electron chi connectivity index (χ3n) is 3.09. The summed E-state index contributed by atoms with van der Waals surface area (Å²) >= 11 is 0. The van der Waals surface area contributed by atoms with E-state index in [4.69, 9.17) is 5.73 Å². The van der Waals surface area contributed by atoms with Crippen LogP contribution in [0.3, 0.4) is 0 Å². The monoisotopic (exact) mass is 261 g/mol. The van der Waals surface area contributed by atoms with Gasteiger partial charge in [-0.3, -0.25) is 0 Å². The number of hydrogen-bond donors (Lipinski definition) is 1. The fourth-order valence-corrected chi connectivity index (χ4v) is 2.29. The molecule has 0 fully saturated rings. The number of aromatic nitrogens is 2. The topological polar surface area (TPSA) is 43.8 Å². The Kier molecular flexibility index (Phi) is 3.35. The van der Waals surface area contributed by atoms with E-state index < -0.39 is 0 Å². The summed E-state index contributed by atoms with van der Waals surface area (Å²) in [5.41, 5.74) is 7.69. The second kappa shape index (κ2) is 4.68. The van der Waals surface area contributed by atoms with Crippen LogP contribution in [0.2, 0.25) is 0 Å². The van der Waals surface area contributed by atoms with Crippen molar-refractivity contribution in [3.05, 3.63) is 35.9 Å². The Morgan fingerprint density at radius 1 is 1.21 bits per heavy atom. The van der Waals surface area contributed by atoms with Crippen LogP contribution in [-0.2, 0) is 12.0 Å². The van der Waals surface area contributed by atoms with E-state index >= 15 is 0 Å². The summed E-state index contributed by atoms with van der Waals surface area (Å²) in [7, 11) is 0. The Labute approximate surface area is 113 Å².